The number of hydrogen-bond acceptors (Lipinski definition) is 5. The molecule has 38 heavy (non-hydrogen) atoms. The zero-order valence-electron chi connectivity index (χ0n) is 22.1. The van der Waals surface area contributed by atoms with Gasteiger partial charge >= 0.3 is 18.0 Å². The van der Waals surface area contributed by atoms with Crippen LogP contribution >= 0.6 is 0 Å². The lowest BCUT2D eigenvalue weighted by Gasteiger charge is -2.27. The Kier molecular flexibility index (Phi) is 8.39. The second-order valence-electron chi connectivity index (χ2n) is 9.88. The number of aryl methyl sites for hydroxylation is 1. The Morgan fingerprint density at radius 3 is 2.21 bits per heavy atom. The zero-order chi connectivity index (χ0) is 28.2. The number of benzene rings is 2. The molecule has 0 aromatic heterocycles. The third kappa shape index (κ3) is 6.28. The molecule has 6 amide bonds. The molecule has 0 spiro atoms. The van der Waals surface area contributed by atoms with E-state index in [1.54, 1.807) is 44.2 Å². The molecule has 4 N–H and O–H groups in total. The van der Waals surface area contributed by atoms with Crippen LogP contribution in [0.1, 0.15) is 45.2 Å². The number of para-hydroxylation sites is 1. The number of hydrogen-bond donors (Lipinski definition) is 4. The maximum atomic E-state index is 13.3. The highest BCUT2D eigenvalue weighted by atomic mass is 16.4. The highest BCUT2D eigenvalue weighted by Crippen LogP contribution is 2.31. The average molecular weight is 524 g/mol. The summed E-state index contributed by atoms with van der Waals surface area (Å²) in [5.41, 5.74) is 1.69. The fourth-order valence-corrected chi connectivity index (χ4v) is 4.14. The average Bonchev–Trinajstić information content (AvgIpc) is 2.99. The van der Waals surface area contributed by atoms with E-state index in [-0.39, 0.29) is 13.0 Å². The van der Waals surface area contributed by atoms with Crippen molar-refractivity contribution in [3.8, 4) is 0 Å². The highest BCUT2D eigenvalue weighted by molar-refractivity contribution is 6.09. The predicted octanol–water partition coefficient (Wildman–Crippen LogP) is 3.55. The van der Waals surface area contributed by atoms with Gasteiger partial charge in [-0.3, -0.25) is 14.4 Å². The maximum absolute atomic E-state index is 13.3. The number of nitrogens with zero attached hydrogens (tertiary/aromatic N) is 2. The molecule has 0 radical (unpaired) electrons. The fraction of sp³-hybridized carbons (Fsp3) is 0.370. The molecule has 202 valence electrons. The first-order chi connectivity index (χ1) is 17.8. The van der Waals surface area contributed by atoms with E-state index in [4.69, 9.17) is 5.11 Å². The zero-order valence-corrected chi connectivity index (χ0v) is 22.1. The minimum absolute atomic E-state index is 0.105. The summed E-state index contributed by atoms with van der Waals surface area (Å²) in [6, 6.07) is 11.5. The molecule has 2 aromatic carbocycles. The summed E-state index contributed by atoms with van der Waals surface area (Å²) in [5, 5.41) is 17.0. The van der Waals surface area contributed by atoms with E-state index in [9.17, 15) is 24.0 Å². The summed E-state index contributed by atoms with van der Waals surface area (Å²) in [6.45, 7) is 8.18. The van der Waals surface area contributed by atoms with Crippen LogP contribution in [-0.2, 0) is 20.9 Å². The van der Waals surface area contributed by atoms with Crippen molar-refractivity contribution in [2.45, 2.75) is 65.2 Å². The maximum Gasteiger partial charge on any atom is 0.328 e. The van der Waals surface area contributed by atoms with Gasteiger partial charge in [0.25, 0.3) is 5.91 Å². The Labute approximate surface area is 221 Å². The van der Waals surface area contributed by atoms with E-state index in [2.05, 4.69) is 16.0 Å². The summed E-state index contributed by atoms with van der Waals surface area (Å²) in [4.78, 5) is 64.6. The van der Waals surface area contributed by atoms with Gasteiger partial charge < -0.3 is 26.0 Å². The number of carboxylic acids is 1. The van der Waals surface area contributed by atoms with Gasteiger partial charge in [0.2, 0.25) is 5.91 Å². The van der Waals surface area contributed by atoms with E-state index < -0.39 is 47.5 Å². The van der Waals surface area contributed by atoms with Crippen molar-refractivity contribution in [3.05, 3.63) is 59.7 Å². The van der Waals surface area contributed by atoms with E-state index >= 15 is 0 Å². The first kappa shape index (κ1) is 28.2. The van der Waals surface area contributed by atoms with Gasteiger partial charge in [-0.05, 0) is 63.9 Å². The van der Waals surface area contributed by atoms with Gasteiger partial charge in [-0.25, -0.2) is 14.5 Å². The molecule has 11 heteroatoms. The van der Waals surface area contributed by atoms with Crippen LogP contribution in [0.2, 0.25) is 0 Å². The van der Waals surface area contributed by atoms with Crippen molar-refractivity contribution in [2.75, 3.05) is 10.6 Å². The molecule has 11 nitrogen and oxygen atoms in total. The molecule has 0 bridgehead atoms. The minimum Gasteiger partial charge on any atom is -0.481 e. The predicted molar refractivity (Wildman–Crippen MR) is 141 cm³/mol. The van der Waals surface area contributed by atoms with Crippen LogP contribution < -0.4 is 16.0 Å². The standard InChI is InChI=1S/C27H33N5O6/c1-16-8-6-7-9-21(16)30-25(37)29-20-12-10-19(11-13-20)15-31-26(38)32(24(36)27(31,4)5)18(3)23(35)28-17(2)14-22(33)34/h6-13,17-18H,14-15H2,1-5H3,(H,28,35)(H,33,34)(H2,29,30,37)/t17-,18+/m1/s1. The normalized spacial score (nSPS) is 16.1. The van der Waals surface area contributed by atoms with Gasteiger partial charge in [0.05, 0.1) is 6.42 Å². The van der Waals surface area contributed by atoms with E-state index in [1.807, 2.05) is 25.1 Å². The largest absolute Gasteiger partial charge is 0.481 e. The molecule has 2 atom stereocenters. The number of imide groups is 1. The Hall–Kier alpha value is -4.41. The highest BCUT2D eigenvalue weighted by Gasteiger charge is 2.53. The van der Waals surface area contributed by atoms with Crippen LogP contribution in [0.4, 0.5) is 21.0 Å². The minimum atomic E-state index is -1.21. The number of urea groups is 2. The second kappa shape index (κ2) is 11.3. The molecule has 1 aliphatic rings. The molecular weight excluding hydrogens is 490 g/mol. The number of carbonyl (C=O) groups excluding carboxylic acids is 4. The van der Waals surface area contributed by atoms with Crippen LogP contribution in [-0.4, -0.2) is 62.4 Å². The molecule has 1 fully saturated rings. The summed E-state index contributed by atoms with van der Waals surface area (Å²) in [5.74, 6) is -2.21. The number of rotatable bonds is 9. The SMILES string of the molecule is Cc1ccccc1NC(=O)Nc1ccc(CN2C(=O)N([C@@H](C)C(=O)N[C@H](C)CC(=O)O)C(=O)C2(C)C)cc1. The molecular formula is C27H33N5O6. The van der Waals surface area contributed by atoms with Crippen molar-refractivity contribution >= 4 is 41.2 Å². The van der Waals surface area contributed by atoms with Crippen LogP contribution in [0.3, 0.4) is 0 Å². The molecule has 0 aliphatic carbocycles. The first-order valence-electron chi connectivity index (χ1n) is 12.2. The van der Waals surface area contributed by atoms with E-state index in [0.29, 0.717) is 11.4 Å². The first-order valence-corrected chi connectivity index (χ1v) is 12.2. The smallest absolute Gasteiger partial charge is 0.328 e. The summed E-state index contributed by atoms with van der Waals surface area (Å²) >= 11 is 0. The third-order valence-corrected chi connectivity index (χ3v) is 6.44. The van der Waals surface area contributed by atoms with Gasteiger partial charge in [-0.1, -0.05) is 30.3 Å². The van der Waals surface area contributed by atoms with Gasteiger partial charge in [-0.15, -0.1) is 0 Å². The number of amides is 6. The molecule has 1 aliphatic heterocycles. The Bertz CT molecular complexity index is 1240. The summed E-state index contributed by atoms with van der Waals surface area (Å²) < 4.78 is 0. The Morgan fingerprint density at radius 1 is 0.974 bits per heavy atom. The summed E-state index contributed by atoms with van der Waals surface area (Å²) in [6.07, 6.45) is -0.281. The van der Waals surface area contributed by atoms with Crippen LogP contribution in [0.25, 0.3) is 0 Å². The molecule has 3 rings (SSSR count). The molecule has 0 saturated carbocycles. The second-order valence-corrected chi connectivity index (χ2v) is 9.88. The lowest BCUT2D eigenvalue weighted by Crippen LogP contribution is -2.51. The lowest BCUT2D eigenvalue weighted by atomic mass is 10.0. The monoisotopic (exact) mass is 523 g/mol. The van der Waals surface area contributed by atoms with Crippen molar-refractivity contribution in [1.29, 1.82) is 0 Å². The number of nitrogens with one attached hydrogen (secondary N) is 3. The van der Waals surface area contributed by atoms with Gasteiger partial charge in [0.15, 0.2) is 0 Å². The number of aliphatic carboxylic acids is 1. The number of carbonyl (C=O) groups is 5. The number of carboxylic acid groups (broad SMARTS) is 1. The lowest BCUT2D eigenvalue weighted by molar-refractivity contribution is -0.140. The van der Waals surface area contributed by atoms with Crippen LogP contribution in [0.5, 0.6) is 0 Å². The van der Waals surface area contributed by atoms with Crippen LogP contribution in [0.15, 0.2) is 48.5 Å². The number of anilines is 2. The third-order valence-electron chi connectivity index (χ3n) is 6.44. The molecule has 0 unspecified atom stereocenters. The fourth-order valence-electron chi connectivity index (χ4n) is 4.14. The summed E-state index contributed by atoms with van der Waals surface area (Å²) in [7, 11) is 0. The molecule has 2 aromatic rings. The van der Waals surface area contributed by atoms with E-state index in [1.165, 1.54) is 18.7 Å². The van der Waals surface area contributed by atoms with Crippen molar-refractivity contribution in [2.24, 2.45) is 0 Å². The topological polar surface area (TPSA) is 148 Å². The van der Waals surface area contributed by atoms with Crippen molar-refractivity contribution in [3.63, 3.8) is 0 Å². The van der Waals surface area contributed by atoms with Gasteiger partial charge in [0, 0.05) is 24.0 Å². The van der Waals surface area contributed by atoms with Gasteiger partial charge in [0.1, 0.15) is 11.6 Å². The quantitative estimate of drug-likeness (QED) is 0.370. The Balaban J connectivity index is 1.65. The molecule has 1 heterocycles. The van der Waals surface area contributed by atoms with E-state index in [0.717, 1.165) is 16.0 Å². The van der Waals surface area contributed by atoms with Crippen LogP contribution in [0, 0.1) is 6.92 Å². The molecule has 1 saturated heterocycles. The van der Waals surface area contributed by atoms with Crippen molar-refractivity contribution in [1.82, 2.24) is 15.1 Å². The van der Waals surface area contributed by atoms with Gasteiger partial charge in [-0.2, -0.15) is 0 Å². The Morgan fingerprint density at radius 2 is 1.61 bits per heavy atom. The van der Waals surface area contributed by atoms with Crippen molar-refractivity contribution < 1.29 is 29.1 Å².